The third-order valence-electron chi connectivity index (χ3n) is 3.32. The highest BCUT2D eigenvalue weighted by Gasteiger charge is 2.24. The van der Waals surface area contributed by atoms with Gasteiger partial charge in [0, 0.05) is 27.2 Å². The second-order valence-electron chi connectivity index (χ2n) is 5.45. The highest BCUT2D eigenvalue weighted by Crippen LogP contribution is 2.01. The van der Waals surface area contributed by atoms with Gasteiger partial charge in [-0.1, -0.05) is 0 Å². The summed E-state index contributed by atoms with van der Waals surface area (Å²) in [4.78, 5) is 57.5. The summed E-state index contributed by atoms with van der Waals surface area (Å²) in [7, 11) is 2.73. The van der Waals surface area contributed by atoms with E-state index in [-0.39, 0.29) is 19.6 Å². The first-order valence-electron chi connectivity index (χ1n) is 7.87. The second kappa shape index (κ2) is 12.6. The maximum atomic E-state index is 11.6. The average Bonchev–Trinajstić information content (AvgIpc) is 2.56. The van der Waals surface area contributed by atoms with Gasteiger partial charge in [-0.05, 0) is 0 Å². The van der Waals surface area contributed by atoms with E-state index >= 15 is 0 Å². The van der Waals surface area contributed by atoms with Gasteiger partial charge in [0.2, 0.25) is 11.8 Å². The molecular weight excluding hydrogens is 366 g/mol. The van der Waals surface area contributed by atoms with Crippen LogP contribution in [-0.2, 0) is 24.0 Å². The number of nitrogens with one attached hydrogen (secondary N) is 2. The lowest BCUT2D eigenvalue weighted by Gasteiger charge is -2.33. The number of nitrogens with zero attached hydrogens (tertiary/aromatic N) is 3. The molecule has 0 radical (unpaired) electrons. The summed E-state index contributed by atoms with van der Waals surface area (Å²) < 4.78 is 0. The van der Waals surface area contributed by atoms with E-state index in [0.29, 0.717) is 0 Å². The Labute approximate surface area is 155 Å². The highest BCUT2D eigenvalue weighted by molar-refractivity contribution is 5.79. The fraction of sp³-hybridized carbons (Fsp3) is 0.643. The van der Waals surface area contributed by atoms with Gasteiger partial charge in [-0.25, -0.2) is 10.0 Å². The van der Waals surface area contributed by atoms with E-state index in [4.69, 9.17) is 15.3 Å². The minimum Gasteiger partial charge on any atom is -0.480 e. The van der Waals surface area contributed by atoms with E-state index in [1.807, 2.05) is 0 Å². The highest BCUT2D eigenvalue weighted by atomic mass is 16.4. The molecule has 0 aromatic heterocycles. The van der Waals surface area contributed by atoms with E-state index in [0.717, 1.165) is 10.0 Å². The van der Waals surface area contributed by atoms with Gasteiger partial charge in [0.15, 0.2) is 0 Å². The van der Waals surface area contributed by atoms with Crippen molar-refractivity contribution in [3.63, 3.8) is 0 Å². The van der Waals surface area contributed by atoms with Crippen molar-refractivity contribution >= 4 is 29.7 Å². The molecule has 0 saturated heterocycles. The van der Waals surface area contributed by atoms with Crippen LogP contribution in [0.5, 0.6) is 0 Å². The van der Waals surface area contributed by atoms with Crippen LogP contribution in [0.15, 0.2) is 0 Å². The molecule has 0 rings (SSSR count). The molecular formula is C14H25N5O8. The Morgan fingerprint density at radius 2 is 1.07 bits per heavy atom. The van der Waals surface area contributed by atoms with Gasteiger partial charge in [-0.3, -0.25) is 28.9 Å². The van der Waals surface area contributed by atoms with Crippen LogP contribution >= 0.6 is 0 Å². The summed E-state index contributed by atoms with van der Waals surface area (Å²) in [6, 6.07) is 0. The smallest absolute Gasteiger partial charge is 0.319 e. The van der Waals surface area contributed by atoms with Crippen molar-refractivity contribution in [3.8, 4) is 0 Å². The number of carboxylic acid groups (broad SMARTS) is 3. The third-order valence-corrected chi connectivity index (χ3v) is 3.32. The largest absolute Gasteiger partial charge is 0.480 e. The van der Waals surface area contributed by atoms with Crippen molar-refractivity contribution in [2.75, 3.05) is 59.9 Å². The lowest BCUT2D eigenvalue weighted by Crippen LogP contribution is -2.53. The summed E-state index contributed by atoms with van der Waals surface area (Å²) >= 11 is 0. The van der Waals surface area contributed by atoms with Crippen LogP contribution in [0.4, 0.5) is 0 Å². The quantitative estimate of drug-likeness (QED) is 0.186. The fourth-order valence-electron chi connectivity index (χ4n) is 2.08. The Bertz CT molecular complexity index is 556. The zero-order valence-corrected chi connectivity index (χ0v) is 15.2. The molecule has 2 amide bonds. The van der Waals surface area contributed by atoms with Crippen molar-refractivity contribution in [2.24, 2.45) is 0 Å². The number of aliphatic carboxylic acids is 3. The molecule has 0 aliphatic rings. The average molecular weight is 391 g/mol. The lowest BCUT2D eigenvalue weighted by atomic mass is 10.4. The van der Waals surface area contributed by atoms with Gasteiger partial charge in [0.25, 0.3) is 0 Å². The molecule has 0 atom stereocenters. The number of rotatable bonds is 14. The van der Waals surface area contributed by atoms with Crippen molar-refractivity contribution in [1.29, 1.82) is 0 Å². The molecule has 27 heavy (non-hydrogen) atoms. The van der Waals surface area contributed by atoms with Crippen molar-refractivity contribution in [1.82, 2.24) is 25.6 Å². The number of carboxylic acids is 3. The van der Waals surface area contributed by atoms with Crippen LogP contribution in [0.25, 0.3) is 0 Å². The number of carbonyl (C=O) groups is 5. The SMILES string of the molecule is CNC(=O)CN(CCN(CC(=O)O)N(CC(=O)O)CC(=O)NC)CC(=O)O. The number of amides is 2. The molecule has 0 heterocycles. The van der Waals surface area contributed by atoms with Crippen LogP contribution in [-0.4, -0.2) is 120 Å². The Kier molecular flexibility index (Phi) is 11.3. The van der Waals surface area contributed by atoms with Gasteiger partial charge in [0.05, 0.1) is 19.6 Å². The standard InChI is InChI=1S/C14H25N5O8/c1-15-10(20)5-17(7-12(22)23)3-4-18(8-13(24)25)19(9-14(26)27)6-11(21)16-2/h3-9H2,1-2H3,(H,15,20)(H,16,21)(H,22,23)(H,24,25)(H,26,27). The van der Waals surface area contributed by atoms with Crippen molar-refractivity contribution in [3.05, 3.63) is 0 Å². The topological polar surface area (TPSA) is 180 Å². The van der Waals surface area contributed by atoms with E-state index in [1.54, 1.807) is 0 Å². The van der Waals surface area contributed by atoms with Crippen LogP contribution in [0, 0.1) is 0 Å². The monoisotopic (exact) mass is 391 g/mol. The fourth-order valence-corrected chi connectivity index (χ4v) is 2.08. The number of carbonyl (C=O) groups excluding carboxylic acids is 2. The zero-order valence-electron chi connectivity index (χ0n) is 15.2. The molecule has 0 aromatic carbocycles. The van der Waals surface area contributed by atoms with Crippen LogP contribution in [0.3, 0.4) is 0 Å². The number of hydrazine groups is 1. The Morgan fingerprint density at radius 1 is 0.630 bits per heavy atom. The Balaban J connectivity index is 5.26. The van der Waals surface area contributed by atoms with Gasteiger partial charge in [-0.15, -0.1) is 0 Å². The van der Waals surface area contributed by atoms with Crippen molar-refractivity contribution < 1.29 is 39.3 Å². The molecule has 13 nitrogen and oxygen atoms in total. The first kappa shape index (κ1) is 24.2. The van der Waals surface area contributed by atoms with Crippen molar-refractivity contribution in [2.45, 2.75) is 0 Å². The van der Waals surface area contributed by atoms with Gasteiger partial charge >= 0.3 is 17.9 Å². The second-order valence-corrected chi connectivity index (χ2v) is 5.45. The van der Waals surface area contributed by atoms with Gasteiger partial charge in [-0.2, -0.15) is 0 Å². The normalized spacial score (nSPS) is 10.9. The number of hydrogen-bond donors (Lipinski definition) is 5. The van der Waals surface area contributed by atoms with E-state index in [1.165, 1.54) is 19.0 Å². The molecule has 5 N–H and O–H groups in total. The summed E-state index contributed by atoms with van der Waals surface area (Å²) in [6.07, 6.45) is 0. The van der Waals surface area contributed by atoms with Gasteiger partial charge < -0.3 is 26.0 Å². The molecule has 0 bridgehead atoms. The number of likely N-dealkylation sites (N-methyl/N-ethyl adjacent to an activating group) is 2. The minimum absolute atomic E-state index is 0.0448. The third kappa shape index (κ3) is 11.5. The molecule has 0 aliphatic carbocycles. The Morgan fingerprint density at radius 3 is 1.52 bits per heavy atom. The first-order valence-corrected chi connectivity index (χ1v) is 7.87. The van der Waals surface area contributed by atoms with Gasteiger partial charge in [0.1, 0.15) is 13.1 Å². The summed E-state index contributed by atoms with van der Waals surface area (Å²) in [5.41, 5.74) is 0. The molecule has 0 aliphatic heterocycles. The van der Waals surface area contributed by atoms with Crippen LogP contribution in [0.2, 0.25) is 0 Å². The summed E-state index contributed by atoms with van der Waals surface area (Å²) in [6.45, 7) is -2.50. The molecule has 13 heteroatoms. The molecule has 0 aromatic rings. The molecule has 0 saturated carbocycles. The predicted molar refractivity (Wildman–Crippen MR) is 90.6 cm³/mol. The molecule has 0 spiro atoms. The lowest BCUT2D eigenvalue weighted by molar-refractivity contribution is -0.154. The molecule has 0 fully saturated rings. The first-order chi connectivity index (χ1) is 12.6. The maximum absolute atomic E-state index is 11.6. The van der Waals surface area contributed by atoms with E-state index < -0.39 is 55.9 Å². The van der Waals surface area contributed by atoms with Crippen LogP contribution < -0.4 is 10.6 Å². The van der Waals surface area contributed by atoms with Crippen LogP contribution in [0.1, 0.15) is 0 Å². The predicted octanol–water partition coefficient (Wildman–Crippen LogP) is -3.45. The summed E-state index contributed by atoms with van der Waals surface area (Å²) in [5, 5.41) is 33.8. The Hall–Kier alpha value is -2.77. The van der Waals surface area contributed by atoms with E-state index in [9.17, 15) is 24.0 Å². The molecule has 154 valence electrons. The van der Waals surface area contributed by atoms with E-state index in [2.05, 4.69) is 10.6 Å². The number of hydrogen-bond acceptors (Lipinski definition) is 8. The molecule has 0 unspecified atom stereocenters. The minimum atomic E-state index is -1.28. The zero-order chi connectivity index (χ0) is 21.0. The summed E-state index contributed by atoms with van der Waals surface area (Å²) in [5.74, 6) is -4.69. The maximum Gasteiger partial charge on any atom is 0.319 e.